The van der Waals surface area contributed by atoms with E-state index >= 15 is 0 Å². The van der Waals surface area contributed by atoms with Crippen LogP contribution in [0.2, 0.25) is 0 Å². The highest BCUT2D eigenvalue weighted by atomic mass is 16.4. The number of hydrogen-bond acceptors (Lipinski definition) is 4. The summed E-state index contributed by atoms with van der Waals surface area (Å²) in [6, 6.07) is 26.3. The van der Waals surface area contributed by atoms with E-state index in [-0.39, 0.29) is 0 Å². The summed E-state index contributed by atoms with van der Waals surface area (Å²) < 4.78 is 0. The van der Waals surface area contributed by atoms with Gasteiger partial charge >= 0.3 is 11.9 Å². The first-order valence-electron chi connectivity index (χ1n) is 10.3. The molecule has 0 aliphatic heterocycles. The van der Waals surface area contributed by atoms with Crippen LogP contribution >= 0.6 is 0 Å². The van der Waals surface area contributed by atoms with E-state index in [1.54, 1.807) is 13.8 Å². The Hall–Kier alpha value is -4.06. The second kappa shape index (κ2) is 10.3. The molecule has 2 atom stereocenters. The number of fused-ring (bicyclic) bond motifs is 2. The molecule has 0 aliphatic rings. The van der Waals surface area contributed by atoms with Crippen LogP contribution in [0.4, 0.5) is 11.4 Å². The van der Waals surface area contributed by atoms with Gasteiger partial charge in [0.05, 0.1) is 0 Å². The summed E-state index contributed by atoms with van der Waals surface area (Å²) in [6.45, 7) is 3.25. The van der Waals surface area contributed by atoms with Crippen molar-refractivity contribution >= 4 is 44.9 Å². The van der Waals surface area contributed by atoms with Crippen LogP contribution in [0, 0.1) is 0 Å². The van der Waals surface area contributed by atoms with Crippen molar-refractivity contribution in [3.63, 3.8) is 0 Å². The number of hydrogen-bond donors (Lipinski definition) is 4. The van der Waals surface area contributed by atoms with E-state index in [4.69, 9.17) is 10.2 Å². The largest absolute Gasteiger partial charge is 0.480 e. The predicted octanol–water partition coefficient (Wildman–Crippen LogP) is 5.45. The monoisotopic (exact) mass is 430 g/mol. The van der Waals surface area contributed by atoms with Crippen LogP contribution in [0.5, 0.6) is 0 Å². The van der Waals surface area contributed by atoms with Gasteiger partial charge in [0.25, 0.3) is 0 Å². The minimum atomic E-state index is -0.854. The van der Waals surface area contributed by atoms with Gasteiger partial charge in [0.1, 0.15) is 12.1 Å². The summed E-state index contributed by atoms with van der Waals surface area (Å²) in [5, 5.41) is 28.0. The van der Waals surface area contributed by atoms with Gasteiger partial charge in [-0.2, -0.15) is 0 Å². The lowest BCUT2D eigenvalue weighted by Gasteiger charge is -2.12. The molecular weight excluding hydrogens is 404 g/mol. The van der Waals surface area contributed by atoms with E-state index < -0.39 is 24.0 Å². The molecule has 6 heteroatoms. The summed E-state index contributed by atoms with van der Waals surface area (Å²) in [6.07, 6.45) is 0. The molecule has 0 saturated heterocycles. The number of nitrogens with one attached hydrogen (secondary N) is 2. The molecule has 0 bridgehead atoms. The Bertz CT molecular complexity index is 1230. The Labute approximate surface area is 186 Å². The van der Waals surface area contributed by atoms with Crippen LogP contribution in [-0.2, 0) is 9.59 Å². The predicted molar refractivity (Wildman–Crippen MR) is 129 cm³/mol. The molecule has 164 valence electrons. The third-order valence-electron chi connectivity index (χ3n) is 5.04. The molecule has 6 nitrogen and oxygen atoms in total. The number of carboxylic acid groups (broad SMARTS) is 2. The van der Waals surface area contributed by atoms with Crippen molar-refractivity contribution in [3.05, 3.63) is 84.9 Å². The zero-order valence-electron chi connectivity index (χ0n) is 17.9. The number of aliphatic carboxylic acids is 2. The van der Waals surface area contributed by atoms with Gasteiger partial charge in [-0.3, -0.25) is 9.59 Å². The van der Waals surface area contributed by atoms with E-state index in [1.165, 1.54) is 0 Å². The quantitative estimate of drug-likeness (QED) is 0.325. The molecule has 0 aliphatic carbocycles. The second-order valence-electron chi connectivity index (χ2n) is 7.50. The van der Waals surface area contributed by atoms with E-state index in [1.807, 2.05) is 84.9 Å². The molecule has 0 heterocycles. The maximum absolute atomic E-state index is 10.8. The van der Waals surface area contributed by atoms with Gasteiger partial charge < -0.3 is 20.8 Å². The summed E-state index contributed by atoms with van der Waals surface area (Å²) in [5.41, 5.74) is 1.68. The van der Waals surface area contributed by atoms with Crippen molar-refractivity contribution in [1.82, 2.24) is 0 Å². The van der Waals surface area contributed by atoms with Gasteiger partial charge in [0.15, 0.2) is 0 Å². The fraction of sp³-hybridized carbons (Fsp3) is 0.154. The number of benzene rings is 4. The number of rotatable bonds is 6. The molecule has 4 rings (SSSR count). The minimum Gasteiger partial charge on any atom is -0.480 e. The molecule has 0 amide bonds. The lowest BCUT2D eigenvalue weighted by Crippen LogP contribution is -2.25. The molecule has 2 unspecified atom stereocenters. The lowest BCUT2D eigenvalue weighted by molar-refractivity contribution is -0.138. The van der Waals surface area contributed by atoms with Crippen molar-refractivity contribution < 1.29 is 19.8 Å². The molecule has 4 aromatic rings. The van der Waals surface area contributed by atoms with Crippen LogP contribution in [0.3, 0.4) is 0 Å². The van der Waals surface area contributed by atoms with Gasteiger partial charge in [0.2, 0.25) is 0 Å². The Morgan fingerprint density at radius 2 is 1.22 bits per heavy atom. The van der Waals surface area contributed by atoms with Crippen molar-refractivity contribution in [3.8, 4) is 0 Å². The third kappa shape index (κ3) is 5.76. The average molecular weight is 431 g/mol. The summed E-state index contributed by atoms with van der Waals surface area (Å²) in [4.78, 5) is 21.5. The fourth-order valence-electron chi connectivity index (χ4n) is 3.24. The van der Waals surface area contributed by atoms with Gasteiger partial charge in [-0.25, -0.2) is 0 Å². The summed E-state index contributed by atoms with van der Waals surface area (Å²) in [5.74, 6) is -1.71. The molecule has 32 heavy (non-hydrogen) atoms. The molecule has 0 spiro atoms. The highest BCUT2D eigenvalue weighted by Crippen LogP contribution is 2.23. The van der Waals surface area contributed by atoms with Gasteiger partial charge in [-0.05, 0) is 48.2 Å². The van der Waals surface area contributed by atoms with E-state index in [9.17, 15) is 9.59 Å². The van der Waals surface area contributed by atoms with Crippen molar-refractivity contribution in [1.29, 1.82) is 0 Å². The van der Waals surface area contributed by atoms with Gasteiger partial charge in [-0.15, -0.1) is 0 Å². The fourth-order valence-corrected chi connectivity index (χ4v) is 3.24. The second-order valence-corrected chi connectivity index (χ2v) is 7.50. The van der Waals surface area contributed by atoms with Crippen LogP contribution in [0.25, 0.3) is 21.5 Å². The first-order valence-corrected chi connectivity index (χ1v) is 10.3. The molecular formula is C26H26N2O4. The maximum atomic E-state index is 10.8. The van der Waals surface area contributed by atoms with E-state index in [0.717, 1.165) is 32.9 Å². The van der Waals surface area contributed by atoms with Crippen LogP contribution in [-0.4, -0.2) is 34.2 Å². The highest BCUT2D eigenvalue weighted by Gasteiger charge is 2.11. The molecule has 0 saturated carbocycles. The molecule has 0 fully saturated rings. The van der Waals surface area contributed by atoms with Crippen molar-refractivity contribution in [2.45, 2.75) is 25.9 Å². The smallest absolute Gasteiger partial charge is 0.325 e. The summed E-state index contributed by atoms with van der Waals surface area (Å²) in [7, 11) is 0. The Morgan fingerprint density at radius 3 is 1.91 bits per heavy atom. The van der Waals surface area contributed by atoms with Crippen molar-refractivity contribution in [2.24, 2.45) is 0 Å². The molecule has 0 aromatic heterocycles. The topological polar surface area (TPSA) is 98.7 Å². The van der Waals surface area contributed by atoms with Gasteiger partial charge in [-0.1, -0.05) is 66.7 Å². The summed E-state index contributed by atoms with van der Waals surface area (Å²) >= 11 is 0. The van der Waals surface area contributed by atoms with Crippen LogP contribution < -0.4 is 10.6 Å². The normalized spacial score (nSPS) is 12.3. The average Bonchev–Trinajstić information content (AvgIpc) is 2.79. The number of carbonyl (C=O) groups is 2. The minimum absolute atomic E-state index is 0.582. The standard InChI is InChI=1S/2C13H13NO2/c1-9(13(15)16)14-12-8-4-6-10-5-2-3-7-11(10)12;1-9(13(15)16)14-12-7-6-10-4-2-3-5-11(10)8-12/h2*2-9,14H,1H3,(H,15,16). The zero-order valence-corrected chi connectivity index (χ0v) is 17.9. The van der Waals surface area contributed by atoms with Gasteiger partial charge in [0, 0.05) is 16.8 Å². The first kappa shape index (κ1) is 22.6. The third-order valence-corrected chi connectivity index (χ3v) is 5.04. The lowest BCUT2D eigenvalue weighted by atomic mass is 10.1. The van der Waals surface area contributed by atoms with Crippen LogP contribution in [0.1, 0.15) is 13.8 Å². The maximum Gasteiger partial charge on any atom is 0.325 e. The van der Waals surface area contributed by atoms with Crippen molar-refractivity contribution in [2.75, 3.05) is 10.6 Å². The van der Waals surface area contributed by atoms with E-state index in [2.05, 4.69) is 10.6 Å². The van der Waals surface area contributed by atoms with Crippen LogP contribution in [0.15, 0.2) is 84.9 Å². The highest BCUT2D eigenvalue weighted by molar-refractivity contribution is 5.95. The number of anilines is 2. The SMILES string of the molecule is CC(Nc1ccc2ccccc2c1)C(=O)O.CC(Nc1cccc2ccccc12)C(=O)O. The Kier molecular flexibility index (Phi) is 7.29. The number of carboxylic acids is 2. The molecule has 4 aromatic carbocycles. The molecule has 4 N–H and O–H groups in total. The Balaban J connectivity index is 0.000000181. The first-order chi connectivity index (χ1) is 15.3. The molecule has 0 radical (unpaired) electrons. The van der Waals surface area contributed by atoms with E-state index in [0.29, 0.717) is 0 Å². The Morgan fingerprint density at radius 1 is 0.656 bits per heavy atom. The zero-order chi connectivity index (χ0) is 23.1.